The predicted octanol–water partition coefficient (Wildman–Crippen LogP) is 3.57. The first-order chi connectivity index (χ1) is 6.19. The fourth-order valence-corrected chi connectivity index (χ4v) is 2.40. The molecule has 1 heterocycles. The van der Waals surface area contributed by atoms with Gasteiger partial charge in [-0.2, -0.15) is 0 Å². The summed E-state index contributed by atoms with van der Waals surface area (Å²) in [6, 6.07) is 0. The van der Waals surface area contributed by atoms with Crippen molar-refractivity contribution >= 4 is 11.3 Å². The van der Waals surface area contributed by atoms with Gasteiger partial charge in [0.2, 0.25) is 0 Å². The molecule has 74 valence electrons. The minimum Gasteiger partial charge on any atom is -0.143 e. The third kappa shape index (κ3) is 2.50. The van der Waals surface area contributed by atoms with Gasteiger partial charge in [-0.15, -0.1) is 21.5 Å². The lowest BCUT2D eigenvalue weighted by atomic mass is 10.1. The van der Waals surface area contributed by atoms with Crippen molar-refractivity contribution in [2.75, 3.05) is 0 Å². The third-order valence-electron chi connectivity index (χ3n) is 2.28. The van der Waals surface area contributed by atoms with E-state index in [0.717, 1.165) is 0 Å². The van der Waals surface area contributed by atoms with Crippen LogP contribution in [0.3, 0.4) is 0 Å². The van der Waals surface area contributed by atoms with E-state index in [9.17, 15) is 0 Å². The summed E-state index contributed by atoms with van der Waals surface area (Å²) >= 11 is 1.78. The van der Waals surface area contributed by atoms with E-state index in [1.165, 1.54) is 22.9 Å². The third-order valence-corrected chi connectivity index (χ3v) is 3.67. The van der Waals surface area contributed by atoms with Crippen LogP contribution in [0.4, 0.5) is 0 Å². The Labute approximate surface area is 84.4 Å². The molecule has 0 fully saturated rings. The Morgan fingerprint density at radius 2 is 1.62 bits per heavy atom. The maximum absolute atomic E-state index is 4.25. The highest BCUT2D eigenvalue weighted by Crippen LogP contribution is 2.28. The SMILES string of the molecule is CCC(CC)c1nnc(C(C)C)s1. The van der Waals surface area contributed by atoms with Gasteiger partial charge in [-0.05, 0) is 12.8 Å². The van der Waals surface area contributed by atoms with Gasteiger partial charge in [-0.25, -0.2) is 0 Å². The average Bonchev–Trinajstić information content (AvgIpc) is 2.56. The fourth-order valence-electron chi connectivity index (χ4n) is 1.28. The van der Waals surface area contributed by atoms with Crippen molar-refractivity contribution in [1.82, 2.24) is 10.2 Å². The average molecular weight is 198 g/mol. The highest BCUT2D eigenvalue weighted by atomic mass is 32.1. The van der Waals surface area contributed by atoms with Crippen molar-refractivity contribution in [3.8, 4) is 0 Å². The summed E-state index contributed by atoms with van der Waals surface area (Å²) < 4.78 is 0. The van der Waals surface area contributed by atoms with Crippen molar-refractivity contribution in [2.24, 2.45) is 0 Å². The minimum atomic E-state index is 0.514. The molecule has 0 aromatic carbocycles. The number of nitrogens with zero attached hydrogens (tertiary/aromatic N) is 2. The van der Waals surface area contributed by atoms with Crippen LogP contribution >= 0.6 is 11.3 Å². The van der Waals surface area contributed by atoms with Gasteiger partial charge in [-0.3, -0.25) is 0 Å². The lowest BCUT2D eigenvalue weighted by Crippen LogP contribution is -1.93. The molecule has 0 aliphatic rings. The molecule has 0 N–H and O–H groups in total. The largest absolute Gasteiger partial charge is 0.143 e. The lowest BCUT2D eigenvalue weighted by molar-refractivity contribution is 0.629. The summed E-state index contributed by atoms with van der Waals surface area (Å²) in [7, 11) is 0. The van der Waals surface area contributed by atoms with Crippen molar-refractivity contribution < 1.29 is 0 Å². The molecule has 0 aliphatic carbocycles. The Balaban J connectivity index is 2.78. The van der Waals surface area contributed by atoms with Crippen LogP contribution in [0.5, 0.6) is 0 Å². The van der Waals surface area contributed by atoms with Crippen molar-refractivity contribution in [2.45, 2.75) is 52.4 Å². The Morgan fingerprint density at radius 1 is 1.08 bits per heavy atom. The molecule has 2 nitrogen and oxygen atoms in total. The molecular formula is C10H18N2S. The molecule has 0 atom stereocenters. The second-order valence-electron chi connectivity index (χ2n) is 3.65. The first-order valence-corrected chi connectivity index (χ1v) is 5.83. The second kappa shape index (κ2) is 4.70. The van der Waals surface area contributed by atoms with Crippen LogP contribution in [-0.4, -0.2) is 10.2 Å². The van der Waals surface area contributed by atoms with E-state index in [2.05, 4.69) is 37.9 Å². The topological polar surface area (TPSA) is 25.8 Å². The Kier molecular flexibility index (Phi) is 3.85. The van der Waals surface area contributed by atoms with Gasteiger partial charge in [0, 0.05) is 11.8 Å². The molecule has 0 saturated heterocycles. The van der Waals surface area contributed by atoms with Gasteiger partial charge in [-0.1, -0.05) is 27.7 Å². The van der Waals surface area contributed by atoms with Crippen molar-refractivity contribution in [3.63, 3.8) is 0 Å². The molecule has 1 aromatic heterocycles. The van der Waals surface area contributed by atoms with Gasteiger partial charge in [0.15, 0.2) is 0 Å². The van der Waals surface area contributed by atoms with Gasteiger partial charge in [0.05, 0.1) is 0 Å². The van der Waals surface area contributed by atoms with E-state index < -0.39 is 0 Å². The molecule has 1 aromatic rings. The van der Waals surface area contributed by atoms with Crippen LogP contribution in [0.1, 0.15) is 62.4 Å². The summed E-state index contributed by atoms with van der Waals surface area (Å²) in [5.41, 5.74) is 0. The summed E-state index contributed by atoms with van der Waals surface area (Å²) in [6.07, 6.45) is 2.34. The molecule has 0 radical (unpaired) electrons. The molecule has 1 rings (SSSR count). The van der Waals surface area contributed by atoms with Crippen LogP contribution in [-0.2, 0) is 0 Å². The molecule has 0 aliphatic heterocycles. The maximum atomic E-state index is 4.25. The Morgan fingerprint density at radius 3 is 2.00 bits per heavy atom. The van der Waals surface area contributed by atoms with Crippen LogP contribution in [0, 0.1) is 0 Å². The van der Waals surface area contributed by atoms with E-state index in [1.807, 2.05) is 0 Å². The van der Waals surface area contributed by atoms with E-state index in [1.54, 1.807) is 11.3 Å². The number of rotatable bonds is 4. The van der Waals surface area contributed by atoms with Gasteiger partial charge >= 0.3 is 0 Å². The van der Waals surface area contributed by atoms with Crippen LogP contribution in [0.15, 0.2) is 0 Å². The fraction of sp³-hybridized carbons (Fsp3) is 0.800. The monoisotopic (exact) mass is 198 g/mol. The standard InChI is InChI=1S/C10H18N2S/c1-5-8(6-2)10-12-11-9(13-10)7(3)4/h7-8H,5-6H2,1-4H3. The zero-order valence-electron chi connectivity index (χ0n) is 8.87. The number of hydrogen-bond acceptors (Lipinski definition) is 3. The second-order valence-corrected chi connectivity index (χ2v) is 4.69. The highest BCUT2D eigenvalue weighted by Gasteiger charge is 2.14. The number of hydrogen-bond donors (Lipinski definition) is 0. The summed E-state index contributed by atoms with van der Waals surface area (Å²) in [6.45, 7) is 8.75. The first kappa shape index (κ1) is 10.6. The normalized spacial score (nSPS) is 11.5. The maximum Gasteiger partial charge on any atom is 0.120 e. The number of aromatic nitrogens is 2. The Hall–Kier alpha value is -0.440. The van der Waals surface area contributed by atoms with Crippen molar-refractivity contribution in [1.29, 1.82) is 0 Å². The zero-order chi connectivity index (χ0) is 9.84. The summed E-state index contributed by atoms with van der Waals surface area (Å²) in [5, 5.41) is 10.8. The van der Waals surface area contributed by atoms with E-state index in [4.69, 9.17) is 0 Å². The summed E-state index contributed by atoms with van der Waals surface area (Å²) in [5.74, 6) is 1.13. The molecule has 0 amide bonds. The smallest absolute Gasteiger partial charge is 0.120 e. The molecule has 0 saturated carbocycles. The lowest BCUT2D eigenvalue weighted by Gasteiger charge is -2.05. The molecule has 13 heavy (non-hydrogen) atoms. The quantitative estimate of drug-likeness (QED) is 0.739. The van der Waals surface area contributed by atoms with Gasteiger partial charge < -0.3 is 0 Å². The molecule has 0 unspecified atom stereocenters. The molecule has 0 bridgehead atoms. The van der Waals surface area contributed by atoms with Crippen LogP contribution < -0.4 is 0 Å². The highest BCUT2D eigenvalue weighted by molar-refractivity contribution is 7.11. The summed E-state index contributed by atoms with van der Waals surface area (Å²) in [4.78, 5) is 0. The van der Waals surface area contributed by atoms with Crippen LogP contribution in [0.25, 0.3) is 0 Å². The van der Waals surface area contributed by atoms with Crippen molar-refractivity contribution in [3.05, 3.63) is 10.0 Å². The first-order valence-electron chi connectivity index (χ1n) is 5.02. The Bertz CT molecular complexity index is 251. The van der Waals surface area contributed by atoms with Crippen LogP contribution in [0.2, 0.25) is 0 Å². The molecule has 0 spiro atoms. The van der Waals surface area contributed by atoms with E-state index in [-0.39, 0.29) is 0 Å². The minimum absolute atomic E-state index is 0.514. The predicted molar refractivity (Wildman–Crippen MR) is 57.3 cm³/mol. The molecule has 3 heteroatoms. The van der Waals surface area contributed by atoms with E-state index >= 15 is 0 Å². The van der Waals surface area contributed by atoms with Gasteiger partial charge in [0.25, 0.3) is 0 Å². The molecular weight excluding hydrogens is 180 g/mol. The zero-order valence-corrected chi connectivity index (χ0v) is 9.69. The van der Waals surface area contributed by atoms with E-state index in [0.29, 0.717) is 11.8 Å². The van der Waals surface area contributed by atoms with Gasteiger partial charge in [0.1, 0.15) is 10.0 Å².